The highest BCUT2D eigenvalue weighted by molar-refractivity contribution is 6.53. The van der Waals surface area contributed by atoms with E-state index in [1.165, 1.54) is 12.3 Å². The SMILES string of the molecule is Cc1coc2c1C(=O)C(=O)c1c-2ccc2c1C=CC(=O)C2(C)C. The van der Waals surface area contributed by atoms with Crippen molar-refractivity contribution in [3.63, 3.8) is 0 Å². The molecule has 4 rings (SSSR count). The minimum absolute atomic E-state index is 0.0194. The second-order valence-corrected chi connectivity index (χ2v) is 6.55. The molecule has 0 saturated carbocycles. The van der Waals surface area contributed by atoms with Gasteiger partial charge in [-0.1, -0.05) is 18.2 Å². The lowest BCUT2D eigenvalue weighted by Gasteiger charge is -2.30. The average molecular weight is 306 g/mol. The summed E-state index contributed by atoms with van der Waals surface area (Å²) in [7, 11) is 0. The van der Waals surface area contributed by atoms with Crippen LogP contribution in [-0.2, 0) is 10.2 Å². The molecule has 0 saturated heterocycles. The Morgan fingerprint density at radius 3 is 2.39 bits per heavy atom. The van der Waals surface area contributed by atoms with Crippen molar-refractivity contribution in [2.75, 3.05) is 0 Å². The first-order valence-electron chi connectivity index (χ1n) is 7.41. The number of carbonyl (C=O) groups excluding carboxylic acids is 3. The Hall–Kier alpha value is -2.75. The molecule has 114 valence electrons. The zero-order valence-corrected chi connectivity index (χ0v) is 13.0. The van der Waals surface area contributed by atoms with E-state index in [2.05, 4.69) is 0 Å². The second kappa shape index (κ2) is 4.16. The fourth-order valence-electron chi connectivity index (χ4n) is 3.42. The summed E-state index contributed by atoms with van der Waals surface area (Å²) < 4.78 is 5.53. The van der Waals surface area contributed by atoms with E-state index >= 15 is 0 Å². The number of hydrogen-bond acceptors (Lipinski definition) is 4. The third-order valence-electron chi connectivity index (χ3n) is 4.82. The minimum Gasteiger partial charge on any atom is -0.463 e. The van der Waals surface area contributed by atoms with Gasteiger partial charge in [-0.3, -0.25) is 14.4 Å². The van der Waals surface area contributed by atoms with Crippen LogP contribution in [0.3, 0.4) is 0 Å². The molecular formula is C19H14O4. The highest BCUT2D eigenvalue weighted by Crippen LogP contribution is 2.43. The van der Waals surface area contributed by atoms with Crippen LogP contribution in [0.2, 0.25) is 0 Å². The molecular weight excluding hydrogens is 292 g/mol. The minimum atomic E-state index is -0.720. The Bertz CT molecular complexity index is 954. The van der Waals surface area contributed by atoms with Crippen LogP contribution >= 0.6 is 0 Å². The molecule has 0 radical (unpaired) electrons. The summed E-state index contributed by atoms with van der Waals surface area (Å²) in [5.74, 6) is -0.666. The number of furan rings is 1. The van der Waals surface area contributed by atoms with Crippen molar-refractivity contribution in [1.29, 1.82) is 0 Å². The molecule has 23 heavy (non-hydrogen) atoms. The molecule has 1 heterocycles. The summed E-state index contributed by atoms with van der Waals surface area (Å²) in [6.07, 6.45) is 4.60. The van der Waals surface area contributed by atoms with Crippen molar-refractivity contribution in [1.82, 2.24) is 0 Å². The largest absolute Gasteiger partial charge is 0.463 e. The molecule has 0 atom stereocenters. The van der Waals surface area contributed by atoms with Crippen molar-refractivity contribution in [2.45, 2.75) is 26.2 Å². The Kier molecular flexibility index (Phi) is 2.51. The molecule has 0 amide bonds. The molecule has 1 aromatic carbocycles. The Morgan fingerprint density at radius 2 is 1.65 bits per heavy atom. The predicted molar refractivity (Wildman–Crippen MR) is 84.6 cm³/mol. The first-order chi connectivity index (χ1) is 10.8. The Labute approximate surface area is 132 Å². The maximum Gasteiger partial charge on any atom is 0.237 e. The lowest BCUT2D eigenvalue weighted by Crippen LogP contribution is -2.32. The fraction of sp³-hybridized carbons (Fsp3) is 0.211. The Morgan fingerprint density at radius 1 is 0.957 bits per heavy atom. The van der Waals surface area contributed by atoms with Crippen LogP contribution in [0.5, 0.6) is 0 Å². The van der Waals surface area contributed by atoms with Crippen molar-refractivity contribution in [3.05, 3.63) is 52.3 Å². The van der Waals surface area contributed by atoms with Gasteiger partial charge in [0, 0.05) is 11.1 Å². The van der Waals surface area contributed by atoms with Gasteiger partial charge in [-0.15, -0.1) is 0 Å². The molecule has 4 nitrogen and oxygen atoms in total. The zero-order valence-electron chi connectivity index (χ0n) is 13.0. The maximum atomic E-state index is 12.7. The van der Waals surface area contributed by atoms with Gasteiger partial charge in [-0.2, -0.15) is 0 Å². The third kappa shape index (κ3) is 1.58. The summed E-state index contributed by atoms with van der Waals surface area (Å²) in [4.78, 5) is 37.3. The number of aryl methyl sites for hydroxylation is 1. The summed E-state index contributed by atoms with van der Waals surface area (Å²) >= 11 is 0. The lowest BCUT2D eigenvalue weighted by atomic mass is 9.71. The number of fused-ring (bicyclic) bond motifs is 5. The molecule has 4 heteroatoms. The van der Waals surface area contributed by atoms with Crippen LogP contribution in [0, 0.1) is 6.92 Å². The van der Waals surface area contributed by atoms with Crippen LogP contribution < -0.4 is 0 Å². The molecule has 2 aliphatic rings. The average Bonchev–Trinajstić information content (AvgIpc) is 2.90. The topological polar surface area (TPSA) is 64.3 Å². The van der Waals surface area contributed by atoms with Crippen LogP contribution in [-0.4, -0.2) is 17.3 Å². The van der Waals surface area contributed by atoms with Crippen molar-refractivity contribution >= 4 is 23.4 Å². The van der Waals surface area contributed by atoms with E-state index in [0.29, 0.717) is 33.6 Å². The smallest absolute Gasteiger partial charge is 0.237 e. The highest BCUT2D eigenvalue weighted by atomic mass is 16.3. The van der Waals surface area contributed by atoms with Crippen LogP contribution in [0.25, 0.3) is 17.4 Å². The molecule has 0 spiro atoms. The third-order valence-corrected chi connectivity index (χ3v) is 4.82. The number of carbonyl (C=O) groups is 3. The van der Waals surface area contributed by atoms with Crippen LogP contribution in [0.15, 0.2) is 28.9 Å². The standard InChI is InChI=1S/C19H14O4/c1-9-8-23-18-11-4-6-12-10(5-7-13(20)19(12,2)3)15(11)17(22)16(21)14(9)18/h4-8H,1-3H3. The zero-order chi connectivity index (χ0) is 16.5. The molecule has 0 N–H and O–H groups in total. The number of hydrogen-bond donors (Lipinski definition) is 0. The van der Waals surface area contributed by atoms with Crippen LogP contribution in [0.1, 0.15) is 51.3 Å². The molecule has 2 aliphatic carbocycles. The van der Waals surface area contributed by atoms with Gasteiger partial charge in [-0.25, -0.2) is 0 Å². The van der Waals surface area contributed by atoms with Gasteiger partial charge in [0.25, 0.3) is 0 Å². The first-order valence-corrected chi connectivity index (χ1v) is 7.41. The fourth-order valence-corrected chi connectivity index (χ4v) is 3.42. The summed E-state index contributed by atoms with van der Waals surface area (Å²) in [5, 5.41) is 0. The predicted octanol–water partition coefficient (Wildman–Crippen LogP) is 3.51. The maximum absolute atomic E-state index is 12.7. The molecule has 2 aromatic rings. The van der Waals surface area contributed by atoms with E-state index in [0.717, 1.165) is 5.56 Å². The molecule has 0 bridgehead atoms. The monoisotopic (exact) mass is 306 g/mol. The number of rotatable bonds is 0. The van der Waals surface area contributed by atoms with Gasteiger partial charge in [-0.05, 0) is 43.5 Å². The molecule has 0 fully saturated rings. The van der Waals surface area contributed by atoms with E-state index < -0.39 is 17.0 Å². The molecule has 0 unspecified atom stereocenters. The van der Waals surface area contributed by atoms with Gasteiger partial charge >= 0.3 is 0 Å². The van der Waals surface area contributed by atoms with Gasteiger partial charge in [0.15, 0.2) is 5.78 Å². The van der Waals surface area contributed by atoms with Crippen molar-refractivity contribution in [2.24, 2.45) is 0 Å². The van der Waals surface area contributed by atoms with Crippen LogP contribution in [0.4, 0.5) is 0 Å². The molecule has 1 aromatic heterocycles. The number of Topliss-reactive ketones (excluding diaryl/α,β-unsaturated/α-hetero) is 2. The number of allylic oxidation sites excluding steroid dienone is 1. The Balaban J connectivity index is 2.11. The van der Waals surface area contributed by atoms with Crippen molar-refractivity contribution in [3.8, 4) is 11.3 Å². The summed E-state index contributed by atoms with van der Waals surface area (Å²) in [6, 6.07) is 3.62. The van der Waals surface area contributed by atoms with Gasteiger partial charge in [0.1, 0.15) is 5.76 Å². The highest BCUT2D eigenvalue weighted by Gasteiger charge is 2.40. The summed E-state index contributed by atoms with van der Waals surface area (Å²) in [5.41, 5.74) is 2.64. The van der Waals surface area contributed by atoms with Gasteiger partial charge < -0.3 is 4.42 Å². The van der Waals surface area contributed by atoms with E-state index in [-0.39, 0.29) is 5.78 Å². The van der Waals surface area contributed by atoms with Gasteiger partial charge in [0.05, 0.1) is 17.2 Å². The van der Waals surface area contributed by atoms with Gasteiger partial charge in [0.2, 0.25) is 11.6 Å². The first kappa shape index (κ1) is 13.9. The summed E-state index contributed by atoms with van der Waals surface area (Å²) in [6.45, 7) is 5.39. The number of ketones is 3. The normalized spacial score (nSPS) is 17.8. The quantitative estimate of drug-likeness (QED) is 0.699. The van der Waals surface area contributed by atoms with E-state index in [9.17, 15) is 14.4 Å². The van der Waals surface area contributed by atoms with Crippen molar-refractivity contribution < 1.29 is 18.8 Å². The molecule has 0 aliphatic heterocycles. The van der Waals surface area contributed by atoms with E-state index in [1.54, 1.807) is 19.1 Å². The van der Waals surface area contributed by atoms with E-state index in [1.807, 2.05) is 19.9 Å². The second-order valence-electron chi connectivity index (χ2n) is 6.55. The van der Waals surface area contributed by atoms with E-state index in [4.69, 9.17) is 4.42 Å². The number of benzene rings is 1. The lowest BCUT2D eigenvalue weighted by molar-refractivity contribution is -0.118.